The zero-order valence-corrected chi connectivity index (χ0v) is 10.2. The van der Waals surface area contributed by atoms with Crippen molar-refractivity contribution in [3.8, 4) is 11.3 Å². The van der Waals surface area contributed by atoms with Crippen LogP contribution in [0.4, 0.5) is 0 Å². The molecule has 0 atom stereocenters. The average molecular weight is 251 g/mol. The highest BCUT2D eigenvalue weighted by molar-refractivity contribution is 7.16. The number of hydrogen-bond acceptors (Lipinski definition) is 3. The van der Waals surface area contributed by atoms with Crippen molar-refractivity contribution in [1.82, 2.24) is 15.2 Å². The lowest BCUT2D eigenvalue weighted by molar-refractivity contribution is 1.12. The molecule has 2 aromatic heterocycles. The molecule has 3 nitrogen and oxygen atoms in total. The lowest BCUT2D eigenvalue weighted by atomic mass is 10.1. The van der Waals surface area contributed by atoms with Gasteiger partial charge in [-0.15, -0.1) is 11.3 Å². The first-order valence-corrected chi connectivity index (χ1v) is 6.57. The number of thiazole rings is 1. The second-order valence-electron chi connectivity index (χ2n) is 4.12. The van der Waals surface area contributed by atoms with Crippen molar-refractivity contribution in [3.63, 3.8) is 0 Å². The summed E-state index contributed by atoms with van der Waals surface area (Å²) in [6.45, 7) is 0. The third kappa shape index (κ3) is 1.29. The summed E-state index contributed by atoms with van der Waals surface area (Å²) in [6, 6.07) is 14.4. The van der Waals surface area contributed by atoms with Crippen LogP contribution < -0.4 is 0 Å². The summed E-state index contributed by atoms with van der Waals surface area (Å²) < 4.78 is 1.19. The maximum absolute atomic E-state index is 4.45. The zero-order chi connectivity index (χ0) is 11.9. The number of fused-ring (bicyclic) bond motifs is 2. The van der Waals surface area contributed by atoms with Crippen LogP contribution in [-0.4, -0.2) is 15.2 Å². The topological polar surface area (TPSA) is 41.6 Å². The van der Waals surface area contributed by atoms with Crippen molar-refractivity contribution < 1.29 is 0 Å². The van der Waals surface area contributed by atoms with Crippen LogP contribution in [0.25, 0.3) is 32.4 Å². The molecule has 4 aromatic rings. The van der Waals surface area contributed by atoms with Gasteiger partial charge in [0, 0.05) is 10.9 Å². The summed E-state index contributed by atoms with van der Waals surface area (Å²) in [5, 5.41) is 8.64. The number of nitrogens with zero attached hydrogens (tertiary/aromatic N) is 2. The lowest BCUT2D eigenvalue weighted by Crippen LogP contribution is -1.81. The third-order valence-electron chi connectivity index (χ3n) is 3.09. The predicted molar refractivity (Wildman–Crippen MR) is 74.7 cm³/mol. The molecule has 0 fully saturated rings. The van der Waals surface area contributed by atoms with Gasteiger partial charge in [-0.3, -0.25) is 5.10 Å². The minimum Gasteiger partial charge on any atom is -0.277 e. The van der Waals surface area contributed by atoms with Crippen molar-refractivity contribution in [2.45, 2.75) is 0 Å². The Labute approximate surface area is 107 Å². The van der Waals surface area contributed by atoms with Gasteiger partial charge in [-0.2, -0.15) is 5.10 Å². The molecular formula is C14H9N3S. The van der Waals surface area contributed by atoms with Crippen molar-refractivity contribution >= 4 is 32.5 Å². The maximum atomic E-state index is 4.45. The Morgan fingerprint density at radius 2 is 1.94 bits per heavy atom. The molecule has 0 aliphatic heterocycles. The third-order valence-corrected chi connectivity index (χ3v) is 3.88. The summed E-state index contributed by atoms with van der Waals surface area (Å²) in [4.78, 5) is 4.45. The van der Waals surface area contributed by atoms with E-state index in [0.29, 0.717) is 0 Å². The molecule has 1 N–H and O–H groups in total. The van der Waals surface area contributed by atoms with Crippen LogP contribution in [0.2, 0.25) is 0 Å². The van der Waals surface area contributed by atoms with E-state index in [2.05, 4.69) is 39.4 Å². The van der Waals surface area contributed by atoms with Crippen LogP contribution in [0, 0.1) is 0 Å². The van der Waals surface area contributed by atoms with Gasteiger partial charge in [-0.25, -0.2) is 4.98 Å². The van der Waals surface area contributed by atoms with Gasteiger partial charge < -0.3 is 0 Å². The highest BCUT2D eigenvalue weighted by atomic mass is 32.1. The fraction of sp³-hybridized carbons (Fsp3) is 0. The second-order valence-corrected chi connectivity index (χ2v) is 5.01. The quantitative estimate of drug-likeness (QED) is 0.558. The predicted octanol–water partition coefficient (Wildman–Crippen LogP) is 3.84. The summed E-state index contributed by atoms with van der Waals surface area (Å²) in [5.41, 5.74) is 6.02. The van der Waals surface area contributed by atoms with E-state index in [9.17, 15) is 0 Å². The number of nitrogens with one attached hydrogen (secondary N) is 1. The number of aromatic amines is 1. The van der Waals surface area contributed by atoms with E-state index in [4.69, 9.17) is 0 Å². The molecule has 0 amide bonds. The number of benzene rings is 2. The molecular weight excluding hydrogens is 242 g/mol. The monoisotopic (exact) mass is 251 g/mol. The van der Waals surface area contributed by atoms with Gasteiger partial charge in [0.2, 0.25) is 0 Å². The Morgan fingerprint density at radius 3 is 2.94 bits per heavy atom. The molecule has 0 spiro atoms. The van der Waals surface area contributed by atoms with Crippen molar-refractivity contribution in [2.75, 3.05) is 0 Å². The van der Waals surface area contributed by atoms with Gasteiger partial charge in [0.25, 0.3) is 0 Å². The van der Waals surface area contributed by atoms with Gasteiger partial charge in [0.1, 0.15) is 5.69 Å². The minimum atomic E-state index is 0.974. The number of rotatable bonds is 1. The molecule has 0 saturated heterocycles. The molecule has 2 heterocycles. The van der Waals surface area contributed by atoms with E-state index < -0.39 is 0 Å². The number of H-pyrrole nitrogens is 1. The number of aromatic nitrogens is 3. The Hall–Kier alpha value is -2.20. The summed E-state index contributed by atoms with van der Waals surface area (Å²) in [5.74, 6) is 0. The van der Waals surface area contributed by atoms with Gasteiger partial charge in [-0.05, 0) is 12.1 Å². The van der Waals surface area contributed by atoms with Crippen LogP contribution in [0.15, 0.2) is 48.0 Å². The Morgan fingerprint density at radius 1 is 1.00 bits per heavy atom. The molecule has 0 aliphatic carbocycles. The summed E-state index contributed by atoms with van der Waals surface area (Å²) in [7, 11) is 0. The highest BCUT2D eigenvalue weighted by Crippen LogP contribution is 2.32. The normalized spacial score (nSPS) is 11.3. The molecule has 0 bridgehead atoms. The van der Waals surface area contributed by atoms with Gasteiger partial charge in [-0.1, -0.05) is 30.3 Å². The van der Waals surface area contributed by atoms with Crippen LogP contribution in [-0.2, 0) is 0 Å². The van der Waals surface area contributed by atoms with E-state index in [0.717, 1.165) is 27.7 Å². The zero-order valence-electron chi connectivity index (χ0n) is 9.42. The molecule has 0 radical (unpaired) electrons. The molecule has 0 unspecified atom stereocenters. The molecule has 18 heavy (non-hydrogen) atoms. The second kappa shape index (κ2) is 3.65. The van der Waals surface area contributed by atoms with Crippen molar-refractivity contribution in [3.05, 3.63) is 48.0 Å². The first-order chi connectivity index (χ1) is 8.93. The first-order valence-electron chi connectivity index (χ1n) is 5.69. The van der Waals surface area contributed by atoms with E-state index in [1.54, 1.807) is 11.3 Å². The van der Waals surface area contributed by atoms with Crippen LogP contribution in [0.1, 0.15) is 0 Å². The SMILES string of the molecule is c1ccc2c(-c3cccc4scnc34)n[nH]c2c1. The van der Waals surface area contributed by atoms with Gasteiger partial charge in [0.05, 0.1) is 21.2 Å². The molecule has 86 valence electrons. The smallest absolute Gasteiger partial charge is 0.102 e. The minimum absolute atomic E-state index is 0.974. The molecule has 0 aliphatic rings. The van der Waals surface area contributed by atoms with Crippen LogP contribution in [0.5, 0.6) is 0 Å². The lowest BCUT2D eigenvalue weighted by Gasteiger charge is -1.99. The van der Waals surface area contributed by atoms with E-state index in [-0.39, 0.29) is 0 Å². The molecule has 4 heteroatoms. The fourth-order valence-corrected chi connectivity index (χ4v) is 2.95. The van der Waals surface area contributed by atoms with E-state index in [1.807, 2.05) is 23.7 Å². The van der Waals surface area contributed by atoms with Gasteiger partial charge in [0.15, 0.2) is 0 Å². The number of hydrogen-bond donors (Lipinski definition) is 1. The highest BCUT2D eigenvalue weighted by Gasteiger charge is 2.11. The Kier molecular flexibility index (Phi) is 1.98. The average Bonchev–Trinajstić information content (AvgIpc) is 3.05. The summed E-state index contributed by atoms with van der Waals surface area (Å²) in [6.07, 6.45) is 0. The Balaban J connectivity index is 2.10. The molecule has 4 rings (SSSR count). The molecule has 2 aromatic carbocycles. The van der Waals surface area contributed by atoms with Crippen LogP contribution >= 0.6 is 11.3 Å². The van der Waals surface area contributed by atoms with Crippen LogP contribution in [0.3, 0.4) is 0 Å². The standard InChI is InChI=1S/C14H9N3S/c1-2-6-11-9(4-1)13(17-16-11)10-5-3-7-12-14(10)15-8-18-12/h1-8H,(H,16,17). The fourth-order valence-electron chi connectivity index (χ4n) is 2.25. The number of para-hydroxylation sites is 2. The van der Waals surface area contributed by atoms with E-state index in [1.165, 1.54) is 4.70 Å². The van der Waals surface area contributed by atoms with E-state index >= 15 is 0 Å². The van der Waals surface area contributed by atoms with Gasteiger partial charge >= 0.3 is 0 Å². The summed E-state index contributed by atoms with van der Waals surface area (Å²) >= 11 is 1.66. The Bertz CT molecular complexity index is 844. The van der Waals surface area contributed by atoms with Crippen molar-refractivity contribution in [2.24, 2.45) is 0 Å². The maximum Gasteiger partial charge on any atom is 0.102 e. The first kappa shape index (κ1) is 9.79. The van der Waals surface area contributed by atoms with Crippen molar-refractivity contribution in [1.29, 1.82) is 0 Å². The largest absolute Gasteiger partial charge is 0.277 e. The molecule has 0 saturated carbocycles.